The third-order valence-corrected chi connectivity index (χ3v) is 3.46. The van der Waals surface area contributed by atoms with Gasteiger partial charge in [0.05, 0.1) is 12.2 Å². The van der Waals surface area contributed by atoms with Crippen molar-refractivity contribution in [3.05, 3.63) is 41.9 Å². The Morgan fingerprint density at radius 2 is 1.95 bits per heavy atom. The van der Waals surface area contributed by atoms with Gasteiger partial charge in [0, 0.05) is 17.5 Å². The van der Waals surface area contributed by atoms with Gasteiger partial charge in [-0.15, -0.1) is 0 Å². The van der Waals surface area contributed by atoms with E-state index in [4.69, 9.17) is 0 Å². The fourth-order valence-corrected chi connectivity index (χ4v) is 2.45. The molecule has 0 unspecified atom stereocenters. The van der Waals surface area contributed by atoms with Gasteiger partial charge < -0.3 is 5.32 Å². The maximum absolute atomic E-state index is 4.42. The van der Waals surface area contributed by atoms with Gasteiger partial charge in [-0.2, -0.15) is 0 Å². The van der Waals surface area contributed by atoms with Crippen molar-refractivity contribution in [2.24, 2.45) is 0 Å². The Morgan fingerprint density at radius 3 is 2.84 bits per heavy atom. The summed E-state index contributed by atoms with van der Waals surface area (Å²) in [6.07, 6.45) is 10.9. The minimum absolute atomic E-state index is 0.673. The van der Waals surface area contributed by atoms with Crippen LogP contribution in [-0.4, -0.2) is 19.9 Å². The summed E-state index contributed by atoms with van der Waals surface area (Å²) >= 11 is 0. The van der Waals surface area contributed by atoms with Crippen LogP contribution in [0.1, 0.15) is 36.2 Å². The molecule has 0 aromatic carbocycles. The van der Waals surface area contributed by atoms with Crippen molar-refractivity contribution in [1.82, 2.24) is 19.9 Å². The van der Waals surface area contributed by atoms with Crippen molar-refractivity contribution in [3.63, 3.8) is 0 Å². The number of hydrogen-bond acceptors (Lipinski definition) is 5. The molecule has 1 N–H and O–H groups in total. The monoisotopic (exact) mass is 255 g/mol. The van der Waals surface area contributed by atoms with Gasteiger partial charge in [0.15, 0.2) is 0 Å². The number of fused-ring (bicyclic) bond motifs is 1. The van der Waals surface area contributed by atoms with Gasteiger partial charge in [-0.05, 0) is 31.7 Å². The quantitative estimate of drug-likeness (QED) is 0.851. The molecule has 0 amide bonds. The van der Waals surface area contributed by atoms with E-state index in [1.54, 1.807) is 18.9 Å². The van der Waals surface area contributed by atoms with Crippen molar-refractivity contribution in [2.75, 3.05) is 5.32 Å². The molecule has 2 aromatic rings. The molecule has 19 heavy (non-hydrogen) atoms. The molecule has 0 bridgehead atoms. The van der Waals surface area contributed by atoms with E-state index in [0.717, 1.165) is 24.4 Å². The van der Waals surface area contributed by atoms with Crippen LogP contribution < -0.4 is 5.32 Å². The maximum atomic E-state index is 4.42. The number of nitrogens with one attached hydrogen (secondary N) is 1. The number of hydrogen-bond donors (Lipinski definition) is 1. The molecule has 0 fully saturated rings. The average molecular weight is 255 g/mol. The summed E-state index contributed by atoms with van der Waals surface area (Å²) in [4.78, 5) is 16.9. The lowest BCUT2D eigenvalue weighted by Gasteiger charge is -2.11. The second-order valence-electron chi connectivity index (χ2n) is 4.76. The minimum Gasteiger partial charge on any atom is -0.364 e. The molecule has 2 aromatic heterocycles. The molecule has 0 saturated heterocycles. The van der Waals surface area contributed by atoms with E-state index in [1.165, 1.54) is 30.5 Å². The highest BCUT2D eigenvalue weighted by Gasteiger charge is 2.13. The number of rotatable bonds is 3. The van der Waals surface area contributed by atoms with Gasteiger partial charge in [0.1, 0.15) is 18.5 Å². The van der Waals surface area contributed by atoms with Gasteiger partial charge in [0.25, 0.3) is 0 Å². The van der Waals surface area contributed by atoms with E-state index in [2.05, 4.69) is 25.3 Å². The third kappa shape index (κ3) is 2.86. The number of anilines is 1. The van der Waals surface area contributed by atoms with Crippen molar-refractivity contribution in [3.8, 4) is 0 Å². The number of nitrogens with zero attached hydrogens (tertiary/aromatic N) is 4. The highest BCUT2D eigenvalue weighted by atomic mass is 15.0. The van der Waals surface area contributed by atoms with Crippen LogP contribution in [0.3, 0.4) is 0 Å². The zero-order valence-corrected chi connectivity index (χ0v) is 10.8. The van der Waals surface area contributed by atoms with Crippen LogP contribution in [0.15, 0.2) is 24.9 Å². The highest BCUT2D eigenvalue weighted by molar-refractivity contribution is 5.46. The van der Waals surface area contributed by atoms with E-state index < -0.39 is 0 Å². The Balaban J connectivity index is 1.78. The number of aryl methyl sites for hydroxylation is 1. The van der Waals surface area contributed by atoms with E-state index in [-0.39, 0.29) is 0 Å². The van der Waals surface area contributed by atoms with Crippen molar-refractivity contribution >= 4 is 5.82 Å². The topological polar surface area (TPSA) is 63.6 Å². The minimum atomic E-state index is 0.673. The summed E-state index contributed by atoms with van der Waals surface area (Å²) in [5.74, 6) is 0.963. The molecule has 98 valence electrons. The second kappa shape index (κ2) is 5.73. The van der Waals surface area contributed by atoms with Gasteiger partial charge >= 0.3 is 0 Å². The van der Waals surface area contributed by atoms with E-state index in [1.807, 2.05) is 6.07 Å². The zero-order valence-electron chi connectivity index (χ0n) is 10.8. The first-order valence-corrected chi connectivity index (χ1v) is 6.75. The average Bonchev–Trinajstić information content (AvgIpc) is 2.72. The molecule has 3 rings (SSSR count). The summed E-state index contributed by atoms with van der Waals surface area (Å²) in [6, 6.07) is 1.91. The van der Waals surface area contributed by atoms with Crippen LogP contribution >= 0.6 is 0 Å². The van der Waals surface area contributed by atoms with E-state index in [9.17, 15) is 0 Å². The van der Waals surface area contributed by atoms with Gasteiger partial charge in [-0.1, -0.05) is 6.42 Å². The summed E-state index contributed by atoms with van der Waals surface area (Å²) in [5, 5.41) is 3.38. The Hall–Kier alpha value is -2.04. The lowest BCUT2D eigenvalue weighted by atomic mass is 10.1. The Kier molecular flexibility index (Phi) is 3.63. The fraction of sp³-hybridized carbons (Fsp3) is 0.429. The number of aromatic nitrogens is 4. The van der Waals surface area contributed by atoms with Crippen LogP contribution in [0.5, 0.6) is 0 Å². The molecule has 1 aliphatic rings. The van der Waals surface area contributed by atoms with Gasteiger partial charge in [-0.25, -0.2) is 19.9 Å². The Bertz CT molecular complexity index is 541. The lowest BCUT2D eigenvalue weighted by Crippen LogP contribution is -2.08. The predicted molar refractivity (Wildman–Crippen MR) is 72.6 cm³/mol. The maximum Gasteiger partial charge on any atom is 0.133 e. The zero-order chi connectivity index (χ0) is 12.9. The van der Waals surface area contributed by atoms with Crippen LogP contribution in [0.25, 0.3) is 0 Å². The smallest absolute Gasteiger partial charge is 0.133 e. The molecular weight excluding hydrogens is 238 g/mol. The molecule has 5 heteroatoms. The summed E-state index contributed by atoms with van der Waals surface area (Å²) in [5.41, 5.74) is 3.46. The van der Waals surface area contributed by atoms with Crippen molar-refractivity contribution in [1.29, 1.82) is 0 Å². The molecule has 2 heterocycles. The summed E-state index contributed by atoms with van der Waals surface area (Å²) in [7, 11) is 0. The Labute approximate surface area is 112 Å². The molecular formula is C14H17N5. The molecule has 5 nitrogen and oxygen atoms in total. The second-order valence-corrected chi connectivity index (χ2v) is 4.76. The normalized spacial score (nSPS) is 14.5. The molecule has 0 spiro atoms. The first kappa shape index (κ1) is 12.0. The summed E-state index contributed by atoms with van der Waals surface area (Å²) < 4.78 is 0. The third-order valence-electron chi connectivity index (χ3n) is 3.46. The largest absolute Gasteiger partial charge is 0.364 e. The molecule has 0 aliphatic heterocycles. The molecule has 1 aliphatic carbocycles. The fourth-order valence-electron chi connectivity index (χ4n) is 2.45. The van der Waals surface area contributed by atoms with Crippen LogP contribution in [0, 0.1) is 0 Å². The lowest BCUT2D eigenvalue weighted by molar-refractivity contribution is 0.708. The Morgan fingerprint density at radius 1 is 1.00 bits per heavy atom. The van der Waals surface area contributed by atoms with E-state index >= 15 is 0 Å². The predicted octanol–water partition coefficient (Wildman–Crippen LogP) is 2.15. The highest BCUT2D eigenvalue weighted by Crippen LogP contribution is 2.23. The molecule has 0 radical (unpaired) electrons. The summed E-state index contributed by atoms with van der Waals surface area (Å²) in [6.45, 7) is 0.673. The molecule has 0 saturated carbocycles. The van der Waals surface area contributed by atoms with Crippen molar-refractivity contribution < 1.29 is 0 Å². The van der Waals surface area contributed by atoms with Gasteiger partial charge in [-0.3, -0.25) is 0 Å². The van der Waals surface area contributed by atoms with Crippen LogP contribution in [0.4, 0.5) is 5.82 Å². The van der Waals surface area contributed by atoms with Crippen LogP contribution in [-0.2, 0) is 19.4 Å². The first-order valence-electron chi connectivity index (χ1n) is 6.75. The standard InChI is InChI=1S/C14H17N5/c1-2-4-12-13(5-3-1)18-10-19-14(12)16-8-11-6-7-15-9-17-11/h6-7,9-10H,1-5,8H2,(H,16,18,19). The van der Waals surface area contributed by atoms with Crippen molar-refractivity contribution in [2.45, 2.75) is 38.6 Å². The van der Waals surface area contributed by atoms with E-state index in [0.29, 0.717) is 6.54 Å². The molecule has 0 atom stereocenters. The SMILES string of the molecule is c1cc(CNc2ncnc3c2CCCCC3)ncn1. The van der Waals surface area contributed by atoms with Crippen LogP contribution in [0.2, 0.25) is 0 Å². The first-order chi connectivity index (χ1) is 9.43. The van der Waals surface area contributed by atoms with Gasteiger partial charge in [0.2, 0.25) is 0 Å².